The number of esters is 1. The van der Waals surface area contributed by atoms with Gasteiger partial charge in [0.2, 0.25) is 5.91 Å². The van der Waals surface area contributed by atoms with Crippen LogP contribution in [0.5, 0.6) is 0 Å². The number of anilines is 1. The summed E-state index contributed by atoms with van der Waals surface area (Å²) in [6.45, 7) is 4.49. The first-order valence-electron chi connectivity index (χ1n) is 7.32. The minimum atomic E-state index is -1.21. The highest BCUT2D eigenvalue weighted by Crippen LogP contribution is 2.33. The van der Waals surface area contributed by atoms with Crippen LogP contribution in [-0.4, -0.2) is 68.3 Å². The van der Waals surface area contributed by atoms with E-state index in [2.05, 4.69) is 5.32 Å². The van der Waals surface area contributed by atoms with Crippen LogP contribution in [0.15, 0.2) is 0 Å². The van der Waals surface area contributed by atoms with Gasteiger partial charge >= 0.3 is 11.9 Å². The summed E-state index contributed by atoms with van der Waals surface area (Å²) >= 11 is 0.905. The lowest BCUT2D eigenvalue weighted by Crippen LogP contribution is -2.32. The summed E-state index contributed by atoms with van der Waals surface area (Å²) in [5.74, 6) is -2.17. The van der Waals surface area contributed by atoms with Crippen molar-refractivity contribution in [3.8, 4) is 0 Å². The van der Waals surface area contributed by atoms with Crippen molar-refractivity contribution in [3.63, 3.8) is 0 Å². The molecule has 24 heavy (non-hydrogen) atoms. The molecule has 8 nitrogen and oxygen atoms in total. The van der Waals surface area contributed by atoms with Gasteiger partial charge in [0, 0.05) is 13.7 Å². The summed E-state index contributed by atoms with van der Waals surface area (Å²) < 4.78 is 9.85. The average molecular weight is 358 g/mol. The molecule has 0 aliphatic carbocycles. The molecule has 9 heteroatoms. The number of amides is 1. The summed E-state index contributed by atoms with van der Waals surface area (Å²) in [6, 6.07) is 0. The molecule has 1 heterocycles. The minimum absolute atomic E-state index is 0.0775. The molecule has 0 radical (unpaired) electrons. The molecule has 0 atom stereocenters. The highest BCUT2D eigenvalue weighted by atomic mass is 32.1. The summed E-state index contributed by atoms with van der Waals surface area (Å²) in [5.41, 5.74) is 0.199. The van der Waals surface area contributed by atoms with Gasteiger partial charge in [0.15, 0.2) is 0 Å². The molecular formula is C15H22N2O6S. The lowest BCUT2D eigenvalue weighted by molar-refractivity contribution is -0.117. The van der Waals surface area contributed by atoms with Crippen molar-refractivity contribution in [2.24, 2.45) is 0 Å². The molecule has 0 bridgehead atoms. The molecule has 1 rings (SSSR count). The number of nitrogens with zero attached hydrogens (tertiary/aromatic N) is 1. The van der Waals surface area contributed by atoms with E-state index in [-0.39, 0.29) is 40.1 Å². The highest BCUT2D eigenvalue weighted by molar-refractivity contribution is 7.18. The Bertz CT molecular complexity index is 613. The molecule has 0 saturated carbocycles. The van der Waals surface area contributed by atoms with Crippen LogP contribution in [-0.2, 0) is 14.3 Å². The Morgan fingerprint density at radius 2 is 2.00 bits per heavy atom. The number of nitrogens with one attached hydrogen (secondary N) is 1. The van der Waals surface area contributed by atoms with Gasteiger partial charge in [-0.15, -0.1) is 11.3 Å². The predicted octanol–water partition coefficient (Wildman–Crippen LogP) is 1.45. The van der Waals surface area contributed by atoms with Gasteiger partial charge in [0.1, 0.15) is 9.88 Å². The van der Waals surface area contributed by atoms with Gasteiger partial charge in [0.25, 0.3) is 0 Å². The molecule has 0 unspecified atom stereocenters. The normalized spacial score (nSPS) is 10.7. The predicted molar refractivity (Wildman–Crippen MR) is 90.0 cm³/mol. The van der Waals surface area contributed by atoms with Crippen LogP contribution in [0.25, 0.3) is 0 Å². The number of carboxylic acids is 1. The van der Waals surface area contributed by atoms with Gasteiger partial charge in [-0.1, -0.05) is 0 Å². The van der Waals surface area contributed by atoms with Crippen LogP contribution in [0.3, 0.4) is 0 Å². The van der Waals surface area contributed by atoms with E-state index in [1.165, 1.54) is 6.92 Å². The van der Waals surface area contributed by atoms with Crippen molar-refractivity contribution in [2.45, 2.75) is 13.8 Å². The van der Waals surface area contributed by atoms with Crippen LogP contribution in [0.1, 0.15) is 32.5 Å². The number of aromatic carboxylic acids is 1. The third kappa shape index (κ3) is 5.29. The number of likely N-dealkylation sites (N-methyl/N-ethyl adjacent to an activating group) is 1. The van der Waals surface area contributed by atoms with Crippen LogP contribution >= 0.6 is 11.3 Å². The monoisotopic (exact) mass is 358 g/mol. The van der Waals surface area contributed by atoms with Gasteiger partial charge in [-0.05, 0) is 26.5 Å². The first-order chi connectivity index (χ1) is 11.3. The number of hydrogen-bond donors (Lipinski definition) is 2. The van der Waals surface area contributed by atoms with E-state index in [1.807, 2.05) is 0 Å². The lowest BCUT2D eigenvalue weighted by atomic mass is 10.1. The molecule has 0 spiro atoms. The number of rotatable bonds is 9. The van der Waals surface area contributed by atoms with E-state index < -0.39 is 11.9 Å². The Morgan fingerprint density at radius 3 is 2.54 bits per heavy atom. The Hall–Kier alpha value is -1.97. The number of ether oxygens (including phenoxy) is 2. The quantitative estimate of drug-likeness (QED) is 0.644. The maximum Gasteiger partial charge on any atom is 0.348 e. The van der Waals surface area contributed by atoms with Gasteiger partial charge in [-0.2, -0.15) is 0 Å². The highest BCUT2D eigenvalue weighted by Gasteiger charge is 2.26. The molecule has 0 aromatic carbocycles. The molecule has 0 saturated heterocycles. The Morgan fingerprint density at radius 1 is 1.33 bits per heavy atom. The zero-order valence-corrected chi connectivity index (χ0v) is 15.0. The smallest absolute Gasteiger partial charge is 0.348 e. The van der Waals surface area contributed by atoms with Gasteiger partial charge in [0.05, 0.1) is 25.3 Å². The number of carbonyl (C=O) groups is 3. The van der Waals surface area contributed by atoms with Crippen LogP contribution in [0.2, 0.25) is 0 Å². The molecule has 1 aromatic rings. The standard InChI is InChI=1S/C15H22N2O6S/c1-5-23-15(21)12-9(2)11(14(19)20)13(24-12)16-10(18)8-17(3)6-7-22-4/h5-8H2,1-4H3,(H,16,18)(H,19,20). The van der Waals surface area contributed by atoms with Crippen LogP contribution < -0.4 is 5.32 Å². The van der Waals surface area contributed by atoms with Crippen LogP contribution in [0, 0.1) is 6.92 Å². The lowest BCUT2D eigenvalue weighted by Gasteiger charge is -2.15. The number of carbonyl (C=O) groups excluding carboxylic acids is 2. The Balaban J connectivity index is 2.94. The second kappa shape index (κ2) is 9.36. The van der Waals surface area contributed by atoms with E-state index in [4.69, 9.17) is 9.47 Å². The largest absolute Gasteiger partial charge is 0.478 e. The topological polar surface area (TPSA) is 105 Å². The molecule has 0 aliphatic rings. The van der Waals surface area contributed by atoms with E-state index in [1.54, 1.807) is 26.0 Å². The fraction of sp³-hybridized carbons (Fsp3) is 0.533. The maximum absolute atomic E-state index is 12.1. The summed E-state index contributed by atoms with van der Waals surface area (Å²) in [5, 5.41) is 12.1. The van der Waals surface area contributed by atoms with Gasteiger partial charge in [-0.25, -0.2) is 9.59 Å². The average Bonchev–Trinajstić information content (AvgIpc) is 2.81. The van der Waals surface area contributed by atoms with E-state index in [0.29, 0.717) is 13.2 Å². The first-order valence-corrected chi connectivity index (χ1v) is 8.14. The molecule has 1 amide bonds. The second-order valence-electron chi connectivity index (χ2n) is 5.06. The molecule has 1 aromatic heterocycles. The van der Waals surface area contributed by atoms with Crippen molar-refractivity contribution in [3.05, 3.63) is 16.0 Å². The number of carboxylic acid groups (broad SMARTS) is 1. The molecular weight excluding hydrogens is 336 g/mol. The molecule has 134 valence electrons. The third-order valence-electron chi connectivity index (χ3n) is 3.17. The minimum Gasteiger partial charge on any atom is -0.478 e. The van der Waals surface area contributed by atoms with Crippen molar-refractivity contribution in [1.82, 2.24) is 4.90 Å². The first kappa shape index (κ1) is 20.1. The molecule has 0 aliphatic heterocycles. The van der Waals surface area contributed by atoms with Crippen molar-refractivity contribution >= 4 is 34.2 Å². The van der Waals surface area contributed by atoms with Crippen molar-refractivity contribution < 1.29 is 29.0 Å². The number of thiophene rings is 1. The van der Waals surface area contributed by atoms with E-state index in [9.17, 15) is 19.5 Å². The zero-order chi connectivity index (χ0) is 18.3. The summed E-state index contributed by atoms with van der Waals surface area (Å²) in [7, 11) is 3.32. The van der Waals surface area contributed by atoms with Crippen molar-refractivity contribution in [1.29, 1.82) is 0 Å². The maximum atomic E-state index is 12.1. The second-order valence-corrected chi connectivity index (χ2v) is 6.09. The fourth-order valence-corrected chi connectivity index (χ4v) is 3.10. The third-order valence-corrected chi connectivity index (χ3v) is 4.35. The van der Waals surface area contributed by atoms with E-state index >= 15 is 0 Å². The van der Waals surface area contributed by atoms with Gasteiger partial charge in [-0.3, -0.25) is 9.69 Å². The summed E-state index contributed by atoms with van der Waals surface area (Å²) in [6.07, 6.45) is 0. The number of methoxy groups -OCH3 is 1. The zero-order valence-electron chi connectivity index (χ0n) is 14.2. The van der Waals surface area contributed by atoms with Crippen molar-refractivity contribution in [2.75, 3.05) is 45.8 Å². The molecule has 2 N–H and O–H groups in total. The van der Waals surface area contributed by atoms with Crippen LogP contribution in [0.4, 0.5) is 5.00 Å². The van der Waals surface area contributed by atoms with Gasteiger partial charge < -0.3 is 19.9 Å². The fourth-order valence-electron chi connectivity index (χ4n) is 1.99. The Labute approximate surface area is 144 Å². The SMILES string of the molecule is CCOC(=O)c1sc(NC(=O)CN(C)CCOC)c(C(=O)O)c1C. The molecule has 0 fully saturated rings. The Kier molecular flexibility index (Phi) is 7.83. The number of hydrogen-bond acceptors (Lipinski definition) is 7. The van der Waals surface area contributed by atoms with E-state index in [0.717, 1.165) is 11.3 Å². The summed E-state index contributed by atoms with van der Waals surface area (Å²) in [4.78, 5) is 37.4.